The van der Waals surface area contributed by atoms with Crippen LogP contribution in [-0.2, 0) is 9.47 Å². The number of ether oxygens (including phenoxy) is 2. The van der Waals surface area contributed by atoms with Crippen molar-refractivity contribution >= 4 is 0 Å². The summed E-state index contributed by atoms with van der Waals surface area (Å²) in [5.74, 6) is -0.358. The first-order chi connectivity index (χ1) is 6.17. The lowest BCUT2D eigenvalue weighted by molar-refractivity contribution is -0.281. The number of rotatable bonds is 5. The van der Waals surface area contributed by atoms with Gasteiger partial charge in [0.2, 0.25) is 0 Å². The van der Waals surface area contributed by atoms with E-state index < -0.39 is 0 Å². The minimum Gasteiger partial charge on any atom is -0.351 e. The molecule has 1 fully saturated rings. The molecule has 0 spiro atoms. The van der Waals surface area contributed by atoms with Gasteiger partial charge in [0.05, 0.1) is 13.1 Å². The van der Waals surface area contributed by atoms with E-state index in [2.05, 4.69) is 11.8 Å². The van der Waals surface area contributed by atoms with E-state index >= 15 is 0 Å². The summed E-state index contributed by atoms with van der Waals surface area (Å²) in [5.41, 5.74) is 5.49. The van der Waals surface area contributed by atoms with Crippen molar-refractivity contribution in [2.24, 2.45) is 5.73 Å². The molecule has 1 atom stereocenters. The Morgan fingerprint density at radius 3 is 2.31 bits per heavy atom. The Hall–Kier alpha value is -0.160. The Bertz CT molecular complexity index is 152. The smallest absolute Gasteiger partial charge is 0.193 e. The molecule has 0 aromatic carbocycles. The van der Waals surface area contributed by atoms with Crippen LogP contribution in [-0.4, -0.2) is 50.6 Å². The van der Waals surface area contributed by atoms with Gasteiger partial charge in [0.15, 0.2) is 5.79 Å². The van der Waals surface area contributed by atoms with Crippen LogP contribution in [0.2, 0.25) is 0 Å². The van der Waals surface area contributed by atoms with E-state index in [1.54, 1.807) is 14.2 Å². The molecule has 4 nitrogen and oxygen atoms in total. The zero-order valence-electron chi connectivity index (χ0n) is 8.75. The van der Waals surface area contributed by atoms with Gasteiger partial charge in [-0.25, -0.2) is 0 Å². The number of nitrogens with two attached hydrogens (primary N) is 1. The van der Waals surface area contributed by atoms with Crippen molar-refractivity contribution in [1.82, 2.24) is 4.90 Å². The van der Waals surface area contributed by atoms with E-state index in [1.807, 2.05) is 0 Å². The van der Waals surface area contributed by atoms with Crippen molar-refractivity contribution in [3.05, 3.63) is 0 Å². The normalized spacial score (nSPS) is 24.0. The molecule has 0 aliphatic carbocycles. The summed E-state index contributed by atoms with van der Waals surface area (Å²) in [5, 5.41) is 0. The second kappa shape index (κ2) is 4.37. The molecule has 4 heteroatoms. The van der Waals surface area contributed by atoms with Crippen LogP contribution in [0.25, 0.3) is 0 Å². The maximum atomic E-state index is 5.49. The number of hydrogen-bond acceptors (Lipinski definition) is 4. The van der Waals surface area contributed by atoms with Gasteiger partial charge in [-0.3, -0.25) is 4.90 Å². The number of methoxy groups -OCH3 is 2. The molecule has 2 N–H and O–H groups in total. The molecular weight excluding hydrogens is 168 g/mol. The Morgan fingerprint density at radius 1 is 1.38 bits per heavy atom. The van der Waals surface area contributed by atoms with Crippen LogP contribution in [0.1, 0.15) is 13.3 Å². The minimum absolute atomic E-state index is 0.358. The van der Waals surface area contributed by atoms with Crippen LogP contribution in [0.15, 0.2) is 0 Å². The van der Waals surface area contributed by atoms with Crippen LogP contribution in [0.3, 0.4) is 0 Å². The summed E-state index contributed by atoms with van der Waals surface area (Å²) in [6, 6.07) is 0.531. The molecule has 0 aromatic rings. The van der Waals surface area contributed by atoms with Gasteiger partial charge >= 0.3 is 0 Å². The van der Waals surface area contributed by atoms with Gasteiger partial charge in [0, 0.05) is 20.3 Å². The van der Waals surface area contributed by atoms with Crippen LogP contribution in [0, 0.1) is 0 Å². The second-order valence-corrected chi connectivity index (χ2v) is 3.65. The van der Waals surface area contributed by atoms with E-state index in [0.717, 1.165) is 26.1 Å². The largest absolute Gasteiger partial charge is 0.351 e. The van der Waals surface area contributed by atoms with Gasteiger partial charge in [-0.15, -0.1) is 0 Å². The van der Waals surface area contributed by atoms with E-state index in [1.165, 1.54) is 0 Å². The lowest BCUT2D eigenvalue weighted by Crippen LogP contribution is -2.66. The van der Waals surface area contributed by atoms with Gasteiger partial charge in [0.25, 0.3) is 0 Å². The average molecular weight is 188 g/mol. The minimum atomic E-state index is -0.358. The summed E-state index contributed by atoms with van der Waals surface area (Å²) in [7, 11) is 3.38. The van der Waals surface area contributed by atoms with Crippen LogP contribution < -0.4 is 5.73 Å². The first kappa shape index (κ1) is 10.9. The van der Waals surface area contributed by atoms with Gasteiger partial charge < -0.3 is 15.2 Å². The standard InChI is InChI=1S/C9H20N2O2/c1-8(4-5-10)11-6-9(7-11,12-2)13-3/h8H,4-7,10H2,1-3H3. The van der Waals surface area contributed by atoms with E-state index in [9.17, 15) is 0 Å². The Morgan fingerprint density at radius 2 is 1.92 bits per heavy atom. The quantitative estimate of drug-likeness (QED) is 0.618. The third kappa shape index (κ3) is 2.20. The number of nitrogens with zero attached hydrogens (tertiary/aromatic N) is 1. The highest BCUT2D eigenvalue weighted by Gasteiger charge is 2.45. The lowest BCUT2D eigenvalue weighted by Gasteiger charge is -2.50. The molecule has 0 radical (unpaired) electrons. The molecule has 1 aliphatic rings. The van der Waals surface area contributed by atoms with Gasteiger partial charge in [0.1, 0.15) is 0 Å². The van der Waals surface area contributed by atoms with Crippen molar-refractivity contribution in [3.63, 3.8) is 0 Å². The molecule has 0 aromatic heterocycles. The van der Waals surface area contributed by atoms with E-state index in [-0.39, 0.29) is 5.79 Å². The van der Waals surface area contributed by atoms with Crippen LogP contribution >= 0.6 is 0 Å². The van der Waals surface area contributed by atoms with Crippen molar-refractivity contribution in [3.8, 4) is 0 Å². The topological polar surface area (TPSA) is 47.7 Å². The highest BCUT2D eigenvalue weighted by atomic mass is 16.7. The maximum Gasteiger partial charge on any atom is 0.193 e. The molecule has 1 unspecified atom stereocenters. The second-order valence-electron chi connectivity index (χ2n) is 3.65. The number of likely N-dealkylation sites (tertiary alicyclic amines) is 1. The SMILES string of the molecule is COC1(OC)CN(C(C)CCN)C1. The van der Waals surface area contributed by atoms with Crippen LogP contribution in [0.4, 0.5) is 0 Å². The van der Waals surface area contributed by atoms with Crippen molar-refractivity contribution < 1.29 is 9.47 Å². The predicted molar refractivity (Wildman–Crippen MR) is 51.5 cm³/mol. The van der Waals surface area contributed by atoms with Gasteiger partial charge in [-0.1, -0.05) is 0 Å². The highest BCUT2D eigenvalue weighted by Crippen LogP contribution is 2.27. The Kier molecular flexibility index (Phi) is 3.67. The summed E-state index contributed by atoms with van der Waals surface area (Å²) >= 11 is 0. The van der Waals surface area contributed by atoms with Crippen molar-refractivity contribution in [1.29, 1.82) is 0 Å². The van der Waals surface area contributed by atoms with E-state index in [0.29, 0.717) is 6.04 Å². The van der Waals surface area contributed by atoms with E-state index in [4.69, 9.17) is 15.2 Å². The number of hydrogen-bond donors (Lipinski definition) is 1. The zero-order valence-corrected chi connectivity index (χ0v) is 8.75. The monoisotopic (exact) mass is 188 g/mol. The molecule has 13 heavy (non-hydrogen) atoms. The Balaban J connectivity index is 2.30. The first-order valence-corrected chi connectivity index (χ1v) is 4.72. The summed E-state index contributed by atoms with van der Waals surface area (Å²) < 4.78 is 10.6. The lowest BCUT2D eigenvalue weighted by atomic mass is 10.0. The van der Waals surface area contributed by atoms with Crippen molar-refractivity contribution in [2.75, 3.05) is 33.9 Å². The average Bonchev–Trinajstić information content (AvgIpc) is 2.05. The molecule has 1 aliphatic heterocycles. The maximum absolute atomic E-state index is 5.49. The fraction of sp³-hybridized carbons (Fsp3) is 1.00. The van der Waals surface area contributed by atoms with Gasteiger partial charge in [-0.05, 0) is 19.9 Å². The highest BCUT2D eigenvalue weighted by molar-refractivity contribution is 4.91. The molecule has 78 valence electrons. The van der Waals surface area contributed by atoms with Gasteiger partial charge in [-0.2, -0.15) is 0 Å². The molecule has 1 rings (SSSR count). The molecule has 0 bridgehead atoms. The third-order valence-corrected chi connectivity index (χ3v) is 2.84. The molecular formula is C9H20N2O2. The predicted octanol–water partition coefficient (Wildman–Crippen LogP) is 0.0284. The fourth-order valence-corrected chi connectivity index (χ4v) is 1.65. The molecule has 0 amide bonds. The molecule has 0 saturated carbocycles. The summed E-state index contributed by atoms with van der Waals surface area (Å²) in [6.45, 7) is 4.62. The fourth-order valence-electron chi connectivity index (χ4n) is 1.65. The van der Waals surface area contributed by atoms with Crippen molar-refractivity contribution in [2.45, 2.75) is 25.2 Å². The molecule has 1 heterocycles. The molecule has 1 saturated heterocycles. The Labute approximate surface area is 80.0 Å². The van der Waals surface area contributed by atoms with Crippen LogP contribution in [0.5, 0.6) is 0 Å². The summed E-state index contributed by atoms with van der Waals surface area (Å²) in [6.07, 6.45) is 1.03. The first-order valence-electron chi connectivity index (χ1n) is 4.72. The zero-order chi connectivity index (χ0) is 9.90. The third-order valence-electron chi connectivity index (χ3n) is 2.84. The summed E-state index contributed by atoms with van der Waals surface area (Å²) in [4.78, 5) is 2.32.